The third kappa shape index (κ3) is 6.68. The number of ether oxygens (including phenoxy) is 1. The van der Waals surface area contributed by atoms with Gasteiger partial charge in [0.15, 0.2) is 0 Å². The first-order valence-electron chi connectivity index (χ1n) is 15.8. The molecular formula is C36H41ClN4O4S. The Balaban J connectivity index is 1.79. The largest absolute Gasteiger partial charge is 0.468 e. The van der Waals surface area contributed by atoms with Crippen LogP contribution in [0.25, 0.3) is 27.5 Å². The molecule has 0 saturated carbocycles. The van der Waals surface area contributed by atoms with E-state index in [1.807, 2.05) is 42.6 Å². The number of carbonyl (C=O) groups excluding carboxylic acids is 2. The first-order valence-corrected chi connectivity index (χ1v) is 17.1. The number of methoxy groups -OCH3 is 1. The number of rotatable bonds is 9. The molecule has 46 heavy (non-hydrogen) atoms. The fourth-order valence-corrected chi connectivity index (χ4v) is 7.03. The van der Waals surface area contributed by atoms with Crippen molar-refractivity contribution in [2.24, 2.45) is 5.92 Å². The first kappa shape index (κ1) is 33.6. The molecule has 1 N–H and O–H groups in total. The van der Waals surface area contributed by atoms with Gasteiger partial charge in [-0.15, -0.1) is 11.3 Å². The number of piperazine rings is 1. The van der Waals surface area contributed by atoms with E-state index in [9.17, 15) is 14.4 Å². The fraction of sp³-hybridized carbons (Fsp3) is 0.389. The van der Waals surface area contributed by atoms with Crippen molar-refractivity contribution in [2.75, 3.05) is 20.2 Å². The summed E-state index contributed by atoms with van der Waals surface area (Å²) in [6.07, 6.45) is 1.95. The minimum Gasteiger partial charge on any atom is -0.468 e. The van der Waals surface area contributed by atoms with Gasteiger partial charge >= 0.3 is 5.97 Å². The van der Waals surface area contributed by atoms with Crippen LogP contribution < -0.4 is 10.9 Å². The minimum atomic E-state index is -0.641. The number of amides is 1. The van der Waals surface area contributed by atoms with Crippen LogP contribution in [0.3, 0.4) is 0 Å². The van der Waals surface area contributed by atoms with Crippen LogP contribution in [0.2, 0.25) is 5.02 Å². The van der Waals surface area contributed by atoms with Gasteiger partial charge in [0.2, 0.25) is 0 Å². The van der Waals surface area contributed by atoms with Crippen molar-refractivity contribution in [3.63, 3.8) is 0 Å². The molecule has 2 aromatic heterocycles. The quantitative estimate of drug-likeness (QED) is 0.204. The highest BCUT2D eigenvalue weighted by Crippen LogP contribution is 2.32. The number of nitrogens with zero attached hydrogens (tertiary/aromatic N) is 3. The number of carbonyl (C=O) groups is 2. The van der Waals surface area contributed by atoms with E-state index in [-0.39, 0.29) is 30.0 Å². The zero-order chi connectivity index (χ0) is 33.1. The van der Waals surface area contributed by atoms with Crippen LogP contribution >= 0.6 is 22.9 Å². The third-order valence-electron chi connectivity index (χ3n) is 8.52. The Hall–Kier alpha value is -3.79. The first-order chi connectivity index (χ1) is 22.1. The Labute approximate surface area is 279 Å². The van der Waals surface area contributed by atoms with E-state index in [1.54, 1.807) is 15.5 Å². The summed E-state index contributed by atoms with van der Waals surface area (Å²) in [5.74, 6) is -0.489. The molecule has 1 saturated heterocycles. The van der Waals surface area contributed by atoms with Gasteiger partial charge in [-0.25, -0.2) is 4.98 Å². The lowest BCUT2D eigenvalue weighted by molar-refractivity contribution is -0.144. The molecule has 242 valence electrons. The molecule has 0 aliphatic carbocycles. The lowest BCUT2D eigenvalue weighted by Crippen LogP contribution is -2.60. The Bertz CT molecular complexity index is 1770. The lowest BCUT2D eigenvalue weighted by atomic mass is 9.96. The van der Waals surface area contributed by atoms with Crippen LogP contribution in [0.1, 0.15) is 61.8 Å². The topological polar surface area (TPSA) is 93.5 Å². The molecule has 0 spiro atoms. The summed E-state index contributed by atoms with van der Waals surface area (Å²) in [6.45, 7) is 10.9. The van der Waals surface area contributed by atoms with Crippen molar-refractivity contribution >= 4 is 34.8 Å². The molecule has 1 aliphatic rings. The van der Waals surface area contributed by atoms with Gasteiger partial charge in [-0.1, -0.05) is 69.6 Å². The standard InChI is InChI=1S/C36H41ClN4O4S/c1-7-23-10-9-11-24(8-2)32(23)41-31(16-21(3)4)27(34(42)40-19-29(36(44)45-6)38-18-22(40)5)17-28(35(41)43)33-39-30(20-46-33)25-12-14-26(37)15-13-25/h9-15,17,20-22,29,38H,7-8,16,18-19H2,1-6H3. The van der Waals surface area contributed by atoms with E-state index < -0.39 is 12.0 Å². The predicted molar refractivity (Wildman–Crippen MR) is 185 cm³/mol. The minimum absolute atomic E-state index is 0.154. The summed E-state index contributed by atoms with van der Waals surface area (Å²) < 4.78 is 6.79. The number of aromatic nitrogens is 2. The van der Waals surface area contributed by atoms with Crippen LogP contribution in [0.15, 0.2) is 58.7 Å². The van der Waals surface area contributed by atoms with Crippen molar-refractivity contribution in [3.05, 3.63) is 91.7 Å². The lowest BCUT2D eigenvalue weighted by Gasteiger charge is -2.38. The highest BCUT2D eigenvalue weighted by atomic mass is 35.5. The van der Waals surface area contributed by atoms with Crippen LogP contribution in [-0.2, 0) is 28.8 Å². The number of halogens is 1. The number of thiazole rings is 1. The van der Waals surface area contributed by atoms with Crippen LogP contribution in [-0.4, -0.2) is 58.6 Å². The number of nitrogens with one attached hydrogen (secondary N) is 1. The molecule has 10 heteroatoms. The van der Waals surface area contributed by atoms with Crippen molar-refractivity contribution in [3.8, 4) is 27.5 Å². The van der Waals surface area contributed by atoms with E-state index in [4.69, 9.17) is 21.3 Å². The summed E-state index contributed by atoms with van der Waals surface area (Å²) in [5.41, 5.74) is 5.76. The summed E-state index contributed by atoms with van der Waals surface area (Å²) in [6, 6.07) is 14.4. The van der Waals surface area contributed by atoms with Crippen molar-refractivity contribution in [1.29, 1.82) is 0 Å². The van der Waals surface area contributed by atoms with E-state index >= 15 is 0 Å². The number of hydrogen-bond donors (Lipinski definition) is 1. The molecule has 8 nitrogen and oxygen atoms in total. The third-order valence-corrected chi connectivity index (χ3v) is 9.64. The molecule has 1 fully saturated rings. The molecule has 1 amide bonds. The van der Waals surface area contributed by atoms with Crippen molar-refractivity contribution in [1.82, 2.24) is 19.8 Å². The molecule has 2 aromatic carbocycles. The van der Waals surface area contributed by atoms with Gasteiger partial charge in [-0.3, -0.25) is 19.0 Å². The van der Waals surface area contributed by atoms with E-state index in [1.165, 1.54) is 18.4 Å². The Morgan fingerprint density at radius 3 is 2.39 bits per heavy atom. The van der Waals surface area contributed by atoms with Crippen molar-refractivity contribution < 1.29 is 14.3 Å². The Morgan fingerprint density at radius 1 is 1.11 bits per heavy atom. The second-order valence-corrected chi connectivity index (χ2v) is 13.4. The van der Waals surface area contributed by atoms with E-state index in [2.05, 4.69) is 45.1 Å². The summed E-state index contributed by atoms with van der Waals surface area (Å²) in [7, 11) is 1.35. The van der Waals surface area contributed by atoms with Crippen LogP contribution in [0.5, 0.6) is 0 Å². The van der Waals surface area contributed by atoms with Crippen LogP contribution in [0.4, 0.5) is 0 Å². The zero-order valence-corrected chi connectivity index (χ0v) is 28.8. The SMILES string of the molecule is CCc1cccc(CC)c1-n1c(CC(C)C)c(C(=O)N2CC(C(=O)OC)NCC2C)cc(-c2nc(-c3ccc(Cl)cc3)cs2)c1=O. The van der Waals surface area contributed by atoms with Gasteiger partial charge in [0, 0.05) is 40.8 Å². The van der Waals surface area contributed by atoms with Gasteiger partial charge in [-0.2, -0.15) is 0 Å². The van der Waals surface area contributed by atoms with Gasteiger partial charge in [0.05, 0.1) is 29.6 Å². The normalized spacial score (nSPS) is 16.6. The number of aryl methyl sites for hydroxylation is 2. The maximum atomic E-state index is 14.8. The van der Waals surface area contributed by atoms with Gasteiger partial charge in [0.1, 0.15) is 11.0 Å². The molecule has 1 aliphatic heterocycles. The summed E-state index contributed by atoms with van der Waals surface area (Å²) >= 11 is 7.49. The molecule has 0 radical (unpaired) electrons. The molecule has 3 heterocycles. The van der Waals surface area contributed by atoms with Gasteiger partial charge in [0.25, 0.3) is 11.5 Å². The van der Waals surface area contributed by atoms with E-state index in [0.717, 1.165) is 40.9 Å². The summed E-state index contributed by atoms with van der Waals surface area (Å²) in [5, 5.41) is 6.28. The summed E-state index contributed by atoms with van der Waals surface area (Å²) in [4.78, 5) is 48.7. The maximum absolute atomic E-state index is 14.8. The molecular weight excluding hydrogens is 620 g/mol. The second kappa shape index (κ2) is 14.3. The zero-order valence-electron chi connectivity index (χ0n) is 27.2. The molecule has 5 rings (SSSR count). The fourth-order valence-electron chi connectivity index (χ4n) is 6.07. The number of para-hydroxylation sites is 1. The number of benzene rings is 2. The molecule has 0 bridgehead atoms. The number of hydrogen-bond acceptors (Lipinski definition) is 7. The number of pyridine rings is 1. The van der Waals surface area contributed by atoms with Gasteiger partial charge in [-0.05, 0) is 61.4 Å². The monoisotopic (exact) mass is 660 g/mol. The van der Waals surface area contributed by atoms with Crippen LogP contribution in [0, 0.1) is 5.92 Å². The Kier molecular flexibility index (Phi) is 10.5. The van der Waals surface area contributed by atoms with Crippen molar-refractivity contribution in [2.45, 2.75) is 66.0 Å². The average Bonchev–Trinajstić information content (AvgIpc) is 3.54. The molecule has 4 aromatic rings. The van der Waals surface area contributed by atoms with E-state index in [0.29, 0.717) is 39.8 Å². The predicted octanol–water partition coefficient (Wildman–Crippen LogP) is 6.58. The number of esters is 1. The average molecular weight is 661 g/mol. The highest BCUT2D eigenvalue weighted by molar-refractivity contribution is 7.13. The second-order valence-electron chi connectivity index (χ2n) is 12.1. The molecule has 2 atom stereocenters. The van der Waals surface area contributed by atoms with Gasteiger partial charge < -0.3 is 15.0 Å². The smallest absolute Gasteiger partial charge is 0.324 e. The highest BCUT2D eigenvalue weighted by Gasteiger charge is 2.35. The maximum Gasteiger partial charge on any atom is 0.324 e. The molecule has 2 unspecified atom stereocenters. The Morgan fingerprint density at radius 2 is 1.78 bits per heavy atom.